The fraction of sp³-hybridized carbons (Fsp3) is 0.364. The number of nitrogens with zero attached hydrogens (tertiary/aromatic N) is 5. The average Bonchev–Trinajstić information content (AvgIpc) is 3.02. The summed E-state index contributed by atoms with van der Waals surface area (Å²) >= 11 is 0. The van der Waals surface area contributed by atoms with Gasteiger partial charge in [0.1, 0.15) is 11.5 Å². The van der Waals surface area contributed by atoms with E-state index in [1.54, 1.807) is 24.4 Å². The molecule has 4 rings (SSSR count). The van der Waals surface area contributed by atoms with E-state index in [9.17, 15) is 4.79 Å². The van der Waals surface area contributed by atoms with Gasteiger partial charge in [-0.05, 0) is 42.7 Å². The molecule has 0 atom stereocenters. The largest absolute Gasteiger partial charge is 0.343 e. The Bertz CT molecular complexity index is 998. The third kappa shape index (κ3) is 4.51. The molecule has 0 saturated heterocycles. The van der Waals surface area contributed by atoms with Gasteiger partial charge in [0, 0.05) is 38.8 Å². The summed E-state index contributed by atoms with van der Waals surface area (Å²) in [4.78, 5) is 18.8. The third-order valence-electron chi connectivity index (χ3n) is 5.48. The molecule has 0 radical (unpaired) electrons. The Labute approximate surface area is 170 Å². The van der Waals surface area contributed by atoms with E-state index in [0.29, 0.717) is 12.2 Å². The molecular weight excluding hydrogens is 364 g/mol. The lowest BCUT2D eigenvalue weighted by atomic mass is 10.1. The second-order valence-corrected chi connectivity index (χ2v) is 7.53. The van der Waals surface area contributed by atoms with Crippen LogP contribution in [0.25, 0.3) is 0 Å². The number of pyridine rings is 1. The average molecular weight is 390 g/mol. The highest BCUT2D eigenvalue weighted by Crippen LogP contribution is 2.15. The zero-order valence-electron chi connectivity index (χ0n) is 16.9. The van der Waals surface area contributed by atoms with Gasteiger partial charge in [-0.3, -0.25) is 14.7 Å². The van der Waals surface area contributed by atoms with Crippen molar-refractivity contribution in [3.63, 3.8) is 0 Å². The van der Waals surface area contributed by atoms with Crippen LogP contribution in [0.3, 0.4) is 0 Å². The van der Waals surface area contributed by atoms with Crippen molar-refractivity contribution < 1.29 is 4.79 Å². The van der Waals surface area contributed by atoms with E-state index < -0.39 is 0 Å². The SMILES string of the molecule is Cc1ccc(CN2CCc3nnc(CNC(=O)c4ccccn4)n3CC2)cc1C. The van der Waals surface area contributed by atoms with Gasteiger partial charge in [-0.1, -0.05) is 24.3 Å². The molecule has 2 aromatic heterocycles. The zero-order chi connectivity index (χ0) is 20.2. The Morgan fingerprint density at radius 3 is 2.76 bits per heavy atom. The number of aromatic nitrogens is 4. The first kappa shape index (κ1) is 19.3. The smallest absolute Gasteiger partial charge is 0.270 e. The predicted octanol–water partition coefficient (Wildman–Crippen LogP) is 2.28. The molecule has 0 aliphatic carbocycles. The molecule has 0 fully saturated rings. The fourth-order valence-corrected chi connectivity index (χ4v) is 3.62. The van der Waals surface area contributed by atoms with Crippen molar-refractivity contribution in [2.75, 3.05) is 13.1 Å². The quantitative estimate of drug-likeness (QED) is 0.723. The third-order valence-corrected chi connectivity index (χ3v) is 5.48. The van der Waals surface area contributed by atoms with Crippen molar-refractivity contribution in [2.45, 2.75) is 39.9 Å². The van der Waals surface area contributed by atoms with Crippen molar-refractivity contribution in [3.8, 4) is 0 Å². The maximum absolute atomic E-state index is 12.2. The van der Waals surface area contributed by atoms with Gasteiger partial charge in [0.25, 0.3) is 5.91 Å². The van der Waals surface area contributed by atoms with Crippen LogP contribution in [0.15, 0.2) is 42.6 Å². The van der Waals surface area contributed by atoms with Gasteiger partial charge in [0.2, 0.25) is 0 Å². The highest BCUT2D eigenvalue weighted by molar-refractivity contribution is 5.92. The molecular formula is C22H26N6O. The van der Waals surface area contributed by atoms with Crippen LogP contribution in [0.2, 0.25) is 0 Å². The molecule has 1 aromatic carbocycles. The number of nitrogens with one attached hydrogen (secondary N) is 1. The first-order valence-electron chi connectivity index (χ1n) is 9.99. The summed E-state index contributed by atoms with van der Waals surface area (Å²) in [5.41, 5.74) is 4.41. The molecule has 0 unspecified atom stereocenters. The highest BCUT2D eigenvalue weighted by Gasteiger charge is 2.19. The van der Waals surface area contributed by atoms with Crippen LogP contribution in [0.5, 0.6) is 0 Å². The van der Waals surface area contributed by atoms with Gasteiger partial charge in [0.05, 0.1) is 6.54 Å². The zero-order valence-corrected chi connectivity index (χ0v) is 16.9. The molecule has 3 heterocycles. The molecule has 0 bridgehead atoms. The maximum atomic E-state index is 12.2. The number of fused-ring (bicyclic) bond motifs is 1. The summed E-state index contributed by atoms with van der Waals surface area (Å²) in [7, 11) is 0. The van der Waals surface area contributed by atoms with E-state index in [-0.39, 0.29) is 5.91 Å². The molecule has 1 aliphatic rings. The van der Waals surface area contributed by atoms with E-state index in [1.807, 2.05) is 0 Å². The van der Waals surface area contributed by atoms with E-state index >= 15 is 0 Å². The van der Waals surface area contributed by atoms with Gasteiger partial charge < -0.3 is 9.88 Å². The summed E-state index contributed by atoms with van der Waals surface area (Å²) in [6, 6.07) is 12.0. The fourth-order valence-electron chi connectivity index (χ4n) is 3.62. The highest BCUT2D eigenvalue weighted by atomic mass is 16.1. The number of carbonyl (C=O) groups is 1. The van der Waals surface area contributed by atoms with Crippen molar-refractivity contribution in [1.29, 1.82) is 0 Å². The number of carbonyl (C=O) groups excluding carboxylic acids is 1. The molecule has 7 nitrogen and oxygen atoms in total. The monoisotopic (exact) mass is 390 g/mol. The molecule has 29 heavy (non-hydrogen) atoms. The van der Waals surface area contributed by atoms with Crippen LogP contribution in [0.4, 0.5) is 0 Å². The van der Waals surface area contributed by atoms with Gasteiger partial charge in [0.15, 0.2) is 5.82 Å². The van der Waals surface area contributed by atoms with E-state index in [0.717, 1.165) is 44.2 Å². The number of aryl methyl sites for hydroxylation is 2. The number of rotatable bonds is 5. The summed E-state index contributed by atoms with van der Waals surface area (Å²) in [6.45, 7) is 8.29. The normalized spacial score (nSPS) is 14.3. The minimum atomic E-state index is -0.201. The van der Waals surface area contributed by atoms with Gasteiger partial charge in [-0.15, -0.1) is 10.2 Å². The van der Waals surface area contributed by atoms with Crippen molar-refractivity contribution in [2.24, 2.45) is 0 Å². The second-order valence-electron chi connectivity index (χ2n) is 7.53. The number of hydrogen-bond acceptors (Lipinski definition) is 5. The predicted molar refractivity (Wildman–Crippen MR) is 110 cm³/mol. The van der Waals surface area contributed by atoms with E-state index in [2.05, 4.69) is 62.0 Å². The Balaban J connectivity index is 1.37. The van der Waals surface area contributed by atoms with Crippen LogP contribution in [-0.2, 0) is 26.1 Å². The minimum absolute atomic E-state index is 0.201. The number of benzene rings is 1. The number of amides is 1. The Kier molecular flexibility index (Phi) is 5.67. The molecule has 0 saturated carbocycles. The molecule has 7 heteroatoms. The van der Waals surface area contributed by atoms with E-state index in [4.69, 9.17) is 0 Å². The Morgan fingerprint density at radius 2 is 1.97 bits per heavy atom. The first-order chi connectivity index (χ1) is 14.1. The molecule has 1 amide bonds. The molecule has 1 N–H and O–H groups in total. The van der Waals surface area contributed by atoms with Gasteiger partial charge in [-0.2, -0.15) is 0 Å². The standard InChI is InChI=1S/C22H26N6O/c1-16-6-7-18(13-17(16)2)15-27-10-8-20-25-26-21(28(20)12-11-27)14-24-22(29)19-5-3-4-9-23-19/h3-7,9,13H,8,10-12,14-15H2,1-2H3,(H,24,29). The molecule has 1 aliphatic heterocycles. The maximum Gasteiger partial charge on any atom is 0.270 e. The lowest BCUT2D eigenvalue weighted by Gasteiger charge is -2.20. The Hall–Kier alpha value is -3.06. The first-order valence-corrected chi connectivity index (χ1v) is 9.99. The summed E-state index contributed by atoms with van der Waals surface area (Å²) in [5.74, 6) is 1.57. The van der Waals surface area contributed by atoms with Crippen LogP contribution in [0.1, 0.15) is 38.8 Å². The van der Waals surface area contributed by atoms with Crippen LogP contribution in [0, 0.1) is 13.8 Å². The van der Waals surface area contributed by atoms with Crippen LogP contribution < -0.4 is 5.32 Å². The van der Waals surface area contributed by atoms with E-state index in [1.165, 1.54) is 16.7 Å². The van der Waals surface area contributed by atoms with Crippen molar-refractivity contribution in [1.82, 2.24) is 30.0 Å². The molecule has 150 valence electrons. The van der Waals surface area contributed by atoms with Gasteiger partial charge in [-0.25, -0.2) is 0 Å². The van der Waals surface area contributed by atoms with Crippen molar-refractivity contribution in [3.05, 3.63) is 76.6 Å². The Morgan fingerprint density at radius 1 is 1.07 bits per heavy atom. The second kappa shape index (κ2) is 8.53. The number of hydrogen-bond donors (Lipinski definition) is 1. The summed E-state index contributed by atoms with van der Waals surface area (Å²) in [6.07, 6.45) is 2.47. The lowest BCUT2D eigenvalue weighted by Crippen LogP contribution is -2.28. The van der Waals surface area contributed by atoms with Gasteiger partial charge >= 0.3 is 0 Å². The van der Waals surface area contributed by atoms with Crippen LogP contribution >= 0.6 is 0 Å². The molecule has 0 spiro atoms. The lowest BCUT2D eigenvalue weighted by molar-refractivity contribution is 0.0944. The molecule has 3 aromatic rings. The van der Waals surface area contributed by atoms with Crippen molar-refractivity contribution >= 4 is 5.91 Å². The topological polar surface area (TPSA) is 75.9 Å². The minimum Gasteiger partial charge on any atom is -0.343 e. The summed E-state index contributed by atoms with van der Waals surface area (Å²) < 4.78 is 2.14. The summed E-state index contributed by atoms with van der Waals surface area (Å²) in [5, 5.41) is 11.5. The van der Waals surface area contributed by atoms with Crippen LogP contribution in [-0.4, -0.2) is 43.6 Å².